The van der Waals surface area contributed by atoms with Gasteiger partial charge in [0.15, 0.2) is 0 Å². The van der Waals surface area contributed by atoms with Crippen molar-refractivity contribution in [3.8, 4) is 5.75 Å². The Hall–Kier alpha value is -1.49. The van der Waals surface area contributed by atoms with Gasteiger partial charge in [0.25, 0.3) is 0 Å². The molecule has 0 aliphatic carbocycles. The number of alkyl halides is 3. The molecule has 20 heavy (non-hydrogen) atoms. The van der Waals surface area contributed by atoms with Crippen molar-refractivity contribution in [2.24, 2.45) is 0 Å². The van der Waals surface area contributed by atoms with Crippen molar-refractivity contribution in [3.63, 3.8) is 0 Å². The van der Waals surface area contributed by atoms with Crippen molar-refractivity contribution in [1.82, 2.24) is 4.98 Å². The molecule has 2 aromatic rings. The molecule has 0 N–H and O–H groups in total. The van der Waals surface area contributed by atoms with E-state index in [9.17, 15) is 13.2 Å². The number of hydrogen-bond donors (Lipinski definition) is 0. The zero-order valence-electron chi connectivity index (χ0n) is 11.0. The Morgan fingerprint density at radius 3 is 2.60 bits per heavy atom. The van der Waals surface area contributed by atoms with E-state index in [0.717, 1.165) is 6.42 Å². The van der Waals surface area contributed by atoms with Gasteiger partial charge < -0.3 is 4.74 Å². The smallest absolute Gasteiger partial charge is 0.433 e. The highest BCUT2D eigenvalue weighted by atomic mass is 35.5. The molecule has 0 fully saturated rings. The van der Waals surface area contributed by atoms with Crippen LogP contribution in [0.4, 0.5) is 13.2 Å². The van der Waals surface area contributed by atoms with Crippen molar-refractivity contribution < 1.29 is 17.9 Å². The van der Waals surface area contributed by atoms with Crippen LogP contribution < -0.4 is 4.74 Å². The van der Waals surface area contributed by atoms with Crippen LogP contribution in [0.2, 0.25) is 5.02 Å². The van der Waals surface area contributed by atoms with Crippen LogP contribution in [-0.4, -0.2) is 11.6 Å². The first-order chi connectivity index (χ1) is 9.34. The lowest BCUT2D eigenvalue weighted by Gasteiger charge is -2.13. The first-order valence-electron chi connectivity index (χ1n) is 6.14. The second-order valence-electron chi connectivity index (χ2n) is 4.42. The van der Waals surface area contributed by atoms with Crippen LogP contribution in [0.1, 0.15) is 24.6 Å². The lowest BCUT2D eigenvalue weighted by molar-refractivity contribution is -0.141. The van der Waals surface area contributed by atoms with Crippen LogP contribution in [0, 0.1) is 6.92 Å². The van der Waals surface area contributed by atoms with Crippen LogP contribution in [-0.2, 0) is 6.18 Å². The topological polar surface area (TPSA) is 22.1 Å². The minimum absolute atomic E-state index is 0.0595. The summed E-state index contributed by atoms with van der Waals surface area (Å²) < 4.78 is 44.0. The van der Waals surface area contributed by atoms with E-state index >= 15 is 0 Å². The minimum atomic E-state index is -4.51. The number of ether oxygens (including phenoxy) is 1. The summed E-state index contributed by atoms with van der Waals surface area (Å²) in [6.45, 7) is 3.82. The Morgan fingerprint density at radius 1 is 1.30 bits per heavy atom. The second-order valence-corrected chi connectivity index (χ2v) is 4.80. The van der Waals surface area contributed by atoms with Crippen molar-refractivity contribution in [2.75, 3.05) is 6.61 Å². The van der Waals surface area contributed by atoms with Gasteiger partial charge in [-0.2, -0.15) is 13.2 Å². The Balaban J connectivity index is 2.58. The maximum absolute atomic E-state index is 12.9. The summed E-state index contributed by atoms with van der Waals surface area (Å²) in [6, 6.07) is 4.70. The molecule has 2 nitrogen and oxygen atoms in total. The highest BCUT2D eigenvalue weighted by molar-refractivity contribution is 6.36. The normalized spacial score (nSPS) is 11.9. The van der Waals surface area contributed by atoms with Gasteiger partial charge in [0.2, 0.25) is 0 Å². The predicted molar refractivity (Wildman–Crippen MR) is 72.3 cm³/mol. The van der Waals surface area contributed by atoms with Crippen molar-refractivity contribution >= 4 is 22.5 Å². The molecule has 108 valence electrons. The fourth-order valence-corrected chi connectivity index (χ4v) is 2.13. The van der Waals surface area contributed by atoms with Gasteiger partial charge in [-0.1, -0.05) is 18.5 Å². The molecule has 0 spiro atoms. The van der Waals surface area contributed by atoms with Crippen LogP contribution >= 0.6 is 11.6 Å². The van der Waals surface area contributed by atoms with E-state index in [4.69, 9.17) is 16.3 Å². The van der Waals surface area contributed by atoms with E-state index in [1.165, 1.54) is 13.0 Å². The van der Waals surface area contributed by atoms with Gasteiger partial charge in [-0.25, -0.2) is 4.98 Å². The molecule has 0 amide bonds. The third-order valence-electron chi connectivity index (χ3n) is 2.86. The largest absolute Gasteiger partial charge is 0.494 e. The van der Waals surface area contributed by atoms with E-state index in [1.54, 1.807) is 12.1 Å². The standard InChI is InChI=1S/C14H13ClF3NO/c1-3-6-20-9-4-5-11-10(7-9)12(15)8(2)13(19-11)14(16,17)18/h4-5,7H,3,6H2,1-2H3. The number of nitrogens with zero attached hydrogens (tertiary/aromatic N) is 1. The van der Waals surface area contributed by atoms with E-state index in [0.29, 0.717) is 17.7 Å². The molecular formula is C14H13ClF3NO. The Kier molecular flexibility index (Phi) is 4.09. The third-order valence-corrected chi connectivity index (χ3v) is 3.35. The molecule has 2 rings (SSSR count). The second kappa shape index (κ2) is 5.48. The zero-order chi connectivity index (χ0) is 14.9. The molecule has 6 heteroatoms. The van der Waals surface area contributed by atoms with Gasteiger partial charge in [0.05, 0.1) is 17.1 Å². The van der Waals surface area contributed by atoms with Crippen LogP contribution in [0.5, 0.6) is 5.75 Å². The molecule has 1 aromatic heterocycles. The highest BCUT2D eigenvalue weighted by Crippen LogP contribution is 2.37. The van der Waals surface area contributed by atoms with Crippen LogP contribution in [0.3, 0.4) is 0 Å². The summed E-state index contributed by atoms with van der Waals surface area (Å²) in [5.41, 5.74) is -0.812. The number of fused-ring (bicyclic) bond motifs is 1. The van der Waals surface area contributed by atoms with Gasteiger partial charge in [0, 0.05) is 5.39 Å². The van der Waals surface area contributed by atoms with E-state index < -0.39 is 11.9 Å². The Bertz CT molecular complexity index is 640. The monoisotopic (exact) mass is 303 g/mol. The summed E-state index contributed by atoms with van der Waals surface area (Å²) in [5.74, 6) is 0.571. The summed E-state index contributed by atoms with van der Waals surface area (Å²) >= 11 is 6.05. The number of pyridine rings is 1. The zero-order valence-corrected chi connectivity index (χ0v) is 11.8. The quantitative estimate of drug-likeness (QED) is 0.795. The molecule has 1 aromatic carbocycles. The third kappa shape index (κ3) is 2.82. The molecule has 0 aliphatic rings. The molecule has 1 heterocycles. The highest BCUT2D eigenvalue weighted by Gasteiger charge is 2.35. The first-order valence-corrected chi connectivity index (χ1v) is 6.52. The molecule has 0 aliphatic heterocycles. The summed E-state index contributed by atoms with van der Waals surface area (Å²) in [7, 11) is 0. The van der Waals surface area contributed by atoms with Crippen molar-refractivity contribution in [1.29, 1.82) is 0 Å². The lowest BCUT2D eigenvalue weighted by atomic mass is 10.1. The molecule has 0 saturated heterocycles. The SMILES string of the molecule is CCCOc1ccc2nc(C(F)(F)F)c(C)c(Cl)c2c1. The minimum Gasteiger partial charge on any atom is -0.494 e. The fraction of sp³-hybridized carbons (Fsp3) is 0.357. The number of aromatic nitrogens is 1. The molecule has 0 unspecified atom stereocenters. The molecule has 0 bridgehead atoms. The lowest BCUT2D eigenvalue weighted by Crippen LogP contribution is -2.11. The molecule has 0 radical (unpaired) electrons. The average molecular weight is 304 g/mol. The maximum atomic E-state index is 12.9. The number of halogens is 4. The maximum Gasteiger partial charge on any atom is 0.433 e. The number of benzene rings is 1. The number of rotatable bonds is 3. The molecule has 0 atom stereocenters. The van der Waals surface area contributed by atoms with E-state index in [-0.39, 0.29) is 16.1 Å². The van der Waals surface area contributed by atoms with Crippen LogP contribution in [0.15, 0.2) is 18.2 Å². The van der Waals surface area contributed by atoms with Crippen LogP contribution in [0.25, 0.3) is 10.9 Å². The predicted octanol–water partition coefficient (Wildman–Crippen LogP) is 5.00. The Morgan fingerprint density at radius 2 is 2.00 bits per heavy atom. The van der Waals surface area contributed by atoms with E-state index in [1.807, 2.05) is 6.92 Å². The number of hydrogen-bond acceptors (Lipinski definition) is 2. The van der Waals surface area contributed by atoms with Gasteiger partial charge >= 0.3 is 6.18 Å². The van der Waals surface area contributed by atoms with Gasteiger partial charge in [0.1, 0.15) is 11.4 Å². The van der Waals surface area contributed by atoms with Gasteiger partial charge in [-0.3, -0.25) is 0 Å². The summed E-state index contributed by atoms with van der Waals surface area (Å²) in [6.07, 6.45) is -3.67. The van der Waals surface area contributed by atoms with E-state index in [2.05, 4.69) is 4.98 Å². The Labute approximate surface area is 119 Å². The molecule has 0 saturated carbocycles. The fourth-order valence-electron chi connectivity index (χ4n) is 1.88. The molecular weight excluding hydrogens is 291 g/mol. The summed E-state index contributed by atoms with van der Waals surface area (Å²) in [5, 5.41) is 0.523. The first kappa shape index (κ1) is 14.9. The van der Waals surface area contributed by atoms with Gasteiger partial charge in [-0.15, -0.1) is 0 Å². The average Bonchev–Trinajstić information content (AvgIpc) is 2.39. The van der Waals surface area contributed by atoms with Gasteiger partial charge in [-0.05, 0) is 37.1 Å². The summed E-state index contributed by atoms with van der Waals surface area (Å²) in [4.78, 5) is 3.66. The van der Waals surface area contributed by atoms with Crippen molar-refractivity contribution in [3.05, 3.63) is 34.5 Å². The van der Waals surface area contributed by atoms with Crippen molar-refractivity contribution in [2.45, 2.75) is 26.4 Å².